The molecular weight excluding hydrogens is 206 g/mol. The Morgan fingerprint density at radius 3 is 2.62 bits per heavy atom. The first-order valence-corrected chi connectivity index (χ1v) is 5.36. The molecule has 0 saturated carbocycles. The third-order valence-corrected chi connectivity index (χ3v) is 1.98. The first-order valence-electron chi connectivity index (χ1n) is 5.36. The van der Waals surface area contributed by atoms with E-state index >= 15 is 0 Å². The highest BCUT2D eigenvalue weighted by Crippen LogP contribution is 2.13. The number of carbonyl (C=O) groups is 1. The summed E-state index contributed by atoms with van der Waals surface area (Å²) >= 11 is 0. The Balaban J connectivity index is 2.16. The fourth-order valence-corrected chi connectivity index (χ4v) is 1.20. The Kier molecular flexibility index (Phi) is 5.19. The summed E-state index contributed by atoms with van der Waals surface area (Å²) in [5, 5.41) is 0. The number of rotatable bonds is 6. The average Bonchev–Trinajstić information content (AvgIpc) is 2.27. The van der Waals surface area contributed by atoms with Crippen molar-refractivity contribution in [1.82, 2.24) is 0 Å². The lowest BCUT2D eigenvalue weighted by molar-refractivity contribution is -0.143. The fraction of sp³-hybridized carbons (Fsp3) is 0.417. The Morgan fingerprint density at radius 2 is 2.00 bits per heavy atom. The van der Waals surface area contributed by atoms with Gasteiger partial charge in [-0.15, -0.1) is 0 Å². The minimum Gasteiger partial charge on any atom is -0.494 e. The third kappa shape index (κ3) is 4.68. The molecule has 0 saturated heterocycles. The number of ether oxygens (including phenoxy) is 2. The summed E-state index contributed by atoms with van der Waals surface area (Å²) in [5.41, 5.74) is 6.25. The summed E-state index contributed by atoms with van der Waals surface area (Å²) in [4.78, 5) is 11.0. The standard InChI is InChI=1S/C12H17NO3/c1-2-15-12(14)4-3-9-16-11-7-5-10(13)6-8-11/h5-8H,2-4,9,13H2,1H3. The van der Waals surface area contributed by atoms with Gasteiger partial charge in [0.25, 0.3) is 0 Å². The van der Waals surface area contributed by atoms with Gasteiger partial charge in [-0.05, 0) is 37.6 Å². The number of hydrogen-bond acceptors (Lipinski definition) is 4. The molecule has 88 valence electrons. The topological polar surface area (TPSA) is 61.5 Å². The van der Waals surface area contributed by atoms with Crippen molar-refractivity contribution < 1.29 is 14.3 Å². The molecule has 4 heteroatoms. The van der Waals surface area contributed by atoms with Crippen LogP contribution in [-0.4, -0.2) is 19.2 Å². The van der Waals surface area contributed by atoms with Gasteiger partial charge in [0.2, 0.25) is 0 Å². The van der Waals surface area contributed by atoms with Crippen LogP contribution < -0.4 is 10.5 Å². The molecule has 0 atom stereocenters. The SMILES string of the molecule is CCOC(=O)CCCOc1ccc(N)cc1. The van der Waals surface area contributed by atoms with E-state index in [-0.39, 0.29) is 5.97 Å². The molecule has 0 amide bonds. The van der Waals surface area contributed by atoms with Gasteiger partial charge in [0, 0.05) is 12.1 Å². The zero-order chi connectivity index (χ0) is 11.8. The van der Waals surface area contributed by atoms with Crippen LogP contribution in [-0.2, 0) is 9.53 Å². The highest BCUT2D eigenvalue weighted by molar-refractivity contribution is 5.69. The van der Waals surface area contributed by atoms with Gasteiger partial charge in [-0.2, -0.15) is 0 Å². The van der Waals surface area contributed by atoms with E-state index in [0.717, 1.165) is 5.75 Å². The molecule has 0 radical (unpaired) electrons. The van der Waals surface area contributed by atoms with Gasteiger partial charge in [-0.1, -0.05) is 0 Å². The molecule has 0 fully saturated rings. The maximum Gasteiger partial charge on any atom is 0.305 e. The van der Waals surface area contributed by atoms with Crippen LogP contribution in [0.15, 0.2) is 24.3 Å². The lowest BCUT2D eigenvalue weighted by Gasteiger charge is -2.06. The monoisotopic (exact) mass is 223 g/mol. The van der Waals surface area contributed by atoms with Gasteiger partial charge >= 0.3 is 5.97 Å². The number of nitrogen functional groups attached to an aromatic ring is 1. The van der Waals surface area contributed by atoms with Crippen molar-refractivity contribution >= 4 is 11.7 Å². The normalized spacial score (nSPS) is 9.81. The van der Waals surface area contributed by atoms with Crippen molar-refractivity contribution in [2.24, 2.45) is 0 Å². The van der Waals surface area contributed by atoms with Crippen LogP contribution in [0.3, 0.4) is 0 Å². The number of nitrogens with two attached hydrogens (primary N) is 1. The van der Waals surface area contributed by atoms with Gasteiger partial charge < -0.3 is 15.2 Å². The smallest absolute Gasteiger partial charge is 0.305 e. The van der Waals surface area contributed by atoms with Gasteiger partial charge in [-0.3, -0.25) is 4.79 Å². The molecule has 0 aliphatic rings. The molecule has 4 nitrogen and oxygen atoms in total. The van der Waals surface area contributed by atoms with Crippen LogP contribution in [0.5, 0.6) is 5.75 Å². The molecule has 16 heavy (non-hydrogen) atoms. The van der Waals surface area contributed by atoms with Crippen LogP contribution in [0.25, 0.3) is 0 Å². The fourth-order valence-electron chi connectivity index (χ4n) is 1.20. The number of hydrogen-bond donors (Lipinski definition) is 1. The second-order valence-electron chi connectivity index (χ2n) is 3.33. The third-order valence-electron chi connectivity index (χ3n) is 1.98. The van der Waals surface area contributed by atoms with Gasteiger partial charge in [-0.25, -0.2) is 0 Å². The minimum atomic E-state index is -0.177. The van der Waals surface area contributed by atoms with Crippen molar-refractivity contribution in [2.75, 3.05) is 18.9 Å². The second kappa shape index (κ2) is 6.71. The second-order valence-corrected chi connectivity index (χ2v) is 3.33. The Labute approximate surface area is 95.3 Å². The van der Waals surface area contributed by atoms with Gasteiger partial charge in [0.15, 0.2) is 0 Å². The molecule has 1 aromatic rings. The lowest BCUT2D eigenvalue weighted by atomic mass is 10.3. The van der Waals surface area contributed by atoms with Crippen LogP contribution in [0, 0.1) is 0 Å². The molecule has 0 unspecified atom stereocenters. The summed E-state index contributed by atoms with van der Waals surface area (Å²) in [6, 6.07) is 7.17. The van der Waals surface area contributed by atoms with E-state index in [1.54, 1.807) is 31.2 Å². The van der Waals surface area contributed by atoms with Crippen LogP contribution in [0.4, 0.5) is 5.69 Å². The Morgan fingerprint density at radius 1 is 1.31 bits per heavy atom. The number of benzene rings is 1. The first-order chi connectivity index (χ1) is 7.72. The summed E-state index contributed by atoms with van der Waals surface area (Å²) in [6.07, 6.45) is 1.05. The van der Waals surface area contributed by atoms with Crippen molar-refractivity contribution in [2.45, 2.75) is 19.8 Å². The molecule has 0 bridgehead atoms. The molecule has 2 N–H and O–H groups in total. The van der Waals surface area contributed by atoms with E-state index in [1.807, 2.05) is 0 Å². The molecule has 0 heterocycles. The molecule has 1 aromatic carbocycles. The van der Waals surface area contributed by atoms with Crippen molar-refractivity contribution in [3.8, 4) is 5.75 Å². The Hall–Kier alpha value is -1.71. The van der Waals surface area contributed by atoms with Crippen molar-refractivity contribution in [3.63, 3.8) is 0 Å². The average molecular weight is 223 g/mol. The molecular formula is C12H17NO3. The Bertz CT molecular complexity index is 322. The first kappa shape index (κ1) is 12.4. The largest absolute Gasteiger partial charge is 0.494 e. The number of carbonyl (C=O) groups excluding carboxylic acids is 1. The predicted octanol–water partition coefficient (Wildman–Crippen LogP) is 1.99. The van der Waals surface area contributed by atoms with Crippen LogP contribution in [0.2, 0.25) is 0 Å². The number of anilines is 1. The zero-order valence-electron chi connectivity index (χ0n) is 9.44. The predicted molar refractivity (Wildman–Crippen MR) is 62.2 cm³/mol. The van der Waals surface area contributed by atoms with Gasteiger partial charge in [0.1, 0.15) is 5.75 Å². The number of esters is 1. The van der Waals surface area contributed by atoms with E-state index in [9.17, 15) is 4.79 Å². The maximum absolute atomic E-state index is 11.0. The summed E-state index contributed by atoms with van der Waals surface area (Å²) in [5.74, 6) is 0.585. The van der Waals surface area contributed by atoms with E-state index in [2.05, 4.69) is 0 Å². The van der Waals surface area contributed by atoms with E-state index < -0.39 is 0 Å². The zero-order valence-corrected chi connectivity index (χ0v) is 9.44. The van der Waals surface area contributed by atoms with Crippen LogP contribution >= 0.6 is 0 Å². The van der Waals surface area contributed by atoms with Crippen molar-refractivity contribution in [1.29, 1.82) is 0 Å². The molecule has 1 rings (SSSR count). The van der Waals surface area contributed by atoms with Gasteiger partial charge in [0.05, 0.1) is 13.2 Å². The minimum absolute atomic E-state index is 0.177. The molecule has 0 aliphatic heterocycles. The molecule has 0 aromatic heterocycles. The molecule has 0 spiro atoms. The highest BCUT2D eigenvalue weighted by atomic mass is 16.5. The highest BCUT2D eigenvalue weighted by Gasteiger charge is 2.01. The maximum atomic E-state index is 11.0. The van der Waals surface area contributed by atoms with E-state index in [1.165, 1.54) is 0 Å². The summed E-state index contributed by atoms with van der Waals surface area (Å²) < 4.78 is 10.2. The summed E-state index contributed by atoms with van der Waals surface area (Å²) in [7, 11) is 0. The molecule has 0 aliphatic carbocycles. The summed E-state index contributed by atoms with van der Waals surface area (Å²) in [6.45, 7) is 2.73. The van der Waals surface area contributed by atoms with E-state index in [4.69, 9.17) is 15.2 Å². The van der Waals surface area contributed by atoms with E-state index in [0.29, 0.717) is 31.7 Å². The lowest BCUT2D eigenvalue weighted by Crippen LogP contribution is -2.06. The quantitative estimate of drug-likeness (QED) is 0.455. The van der Waals surface area contributed by atoms with Crippen molar-refractivity contribution in [3.05, 3.63) is 24.3 Å². The van der Waals surface area contributed by atoms with Crippen LogP contribution in [0.1, 0.15) is 19.8 Å².